The standard InChI is InChI=1S/C19H18N6S2/c1-12-16(26-17(21-12)14-7-4-9-20-11-14)15-8-10-25(24-15)19-23-22-18(27-19)13-5-2-3-6-13/h4,7-11,13H,2-3,5-6H2,1H3. The largest absolute Gasteiger partial charge is 0.264 e. The molecule has 0 aliphatic heterocycles. The van der Waals surface area contributed by atoms with E-state index in [-0.39, 0.29) is 0 Å². The van der Waals surface area contributed by atoms with Crippen LogP contribution in [-0.2, 0) is 0 Å². The highest BCUT2D eigenvalue weighted by molar-refractivity contribution is 7.18. The van der Waals surface area contributed by atoms with Crippen LogP contribution in [0.4, 0.5) is 0 Å². The van der Waals surface area contributed by atoms with Crippen molar-refractivity contribution in [3.8, 4) is 26.3 Å². The minimum absolute atomic E-state index is 0.581. The van der Waals surface area contributed by atoms with Gasteiger partial charge in [0.2, 0.25) is 5.13 Å². The van der Waals surface area contributed by atoms with E-state index in [0.29, 0.717) is 5.92 Å². The van der Waals surface area contributed by atoms with Gasteiger partial charge in [-0.05, 0) is 38.0 Å². The third-order valence-corrected chi connectivity index (χ3v) is 7.16. The highest BCUT2D eigenvalue weighted by Crippen LogP contribution is 2.37. The monoisotopic (exact) mass is 394 g/mol. The first kappa shape index (κ1) is 16.7. The van der Waals surface area contributed by atoms with Crippen LogP contribution in [0.25, 0.3) is 26.3 Å². The van der Waals surface area contributed by atoms with Crippen molar-refractivity contribution < 1.29 is 0 Å². The zero-order valence-electron chi connectivity index (χ0n) is 14.9. The number of aromatic nitrogens is 6. The van der Waals surface area contributed by atoms with E-state index in [1.165, 1.54) is 25.7 Å². The topological polar surface area (TPSA) is 69.4 Å². The molecule has 0 radical (unpaired) electrons. The Labute approximate surface area is 165 Å². The number of hydrogen-bond donors (Lipinski definition) is 0. The zero-order valence-corrected chi connectivity index (χ0v) is 16.5. The fourth-order valence-corrected chi connectivity index (χ4v) is 5.42. The van der Waals surface area contributed by atoms with E-state index in [9.17, 15) is 0 Å². The third-order valence-electron chi connectivity index (χ3n) is 4.86. The molecule has 0 aromatic carbocycles. The summed E-state index contributed by atoms with van der Waals surface area (Å²) in [5, 5.41) is 16.4. The number of thiazole rings is 1. The summed E-state index contributed by atoms with van der Waals surface area (Å²) in [5.74, 6) is 0.581. The molecule has 0 unspecified atom stereocenters. The first-order chi connectivity index (χ1) is 13.3. The SMILES string of the molecule is Cc1nc(-c2cccnc2)sc1-c1ccn(-c2nnc(C3CCCC3)s2)n1. The van der Waals surface area contributed by atoms with Crippen LogP contribution in [0, 0.1) is 6.92 Å². The van der Waals surface area contributed by atoms with Gasteiger partial charge in [-0.25, -0.2) is 9.67 Å². The lowest BCUT2D eigenvalue weighted by Crippen LogP contribution is -1.94. The summed E-state index contributed by atoms with van der Waals surface area (Å²) >= 11 is 3.30. The molecule has 136 valence electrons. The third kappa shape index (κ3) is 3.19. The molecule has 0 saturated heterocycles. The Balaban J connectivity index is 1.43. The summed E-state index contributed by atoms with van der Waals surface area (Å²) in [6.07, 6.45) is 10.6. The normalized spacial score (nSPS) is 14.9. The van der Waals surface area contributed by atoms with Gasteiger partial charge in [-0.15, -0.1) is 21.5 Å². The Morgan fingerprint density at radius 3 is 2.81 bits per heavy atom. The lowest BCUT2D eigenvalue weighted by Gasteiger charge is -2.00. The van der Waals surface area contributed by atoms with Gasteiger partial charge in [0.1, 0.15) is 15.7 Å². The highest BCUT2D eigenvalue weighted by atomic mass is 32.1. The van der Waals surface area contributed by atoms with Crippen LogP contribution in [0.15, 0.2) is 36.8 Å². The fraction of sp³-hybridized carbons (Fsp3) is 0.316. The van der Waals surface area contributed by atoms with Gasteiger partial charge in [-0.1, -0.05) is 24.2 Å². The average Bonchev–Trinajstić information content (AvgIpc) is 3.46. The predicted molar refractivity (Wildman–Crippen MR) is 107 cm³/mol. The van der Waals surface area contributed by atoms with E-state index in [1.807, 2.05) is 42.2 Å². The van der Waals surface area contributed by atoms with Gasteiger partial charge in [0.15, 0.2) is 0 Å². The van der Waals surface area contributed by atoms with Gasteiger partial charge >= 0.3 is 0 Å². The lowest BCUT2D eigenvalue weighted by molar-refractivity contribution is 0.702. The Kier molecular flexibility index (Phi) is 4.29. The molecule has 27 heavy (non-hydrogen) atoms. The lowest BCUT2D eigenvalue weighted by atomic mass is 10.1. The minimum atomic E-state index is 0.581. The quantitative estimate of drug-likeness (QED) is 0.494. The second kappa shape index (κ2) is 6.94. The molecule has 1 fully saturated rings. The van der Waals surface area contributed by atoms with E-state index in [0.717, 1.165) is 37.0 Å². The molecular weight excluding hydrogens is 376 g/mol. The van der Waals surface area contributed by atoms with Gasteiger partial charge in [0.05, 0.1) is 10.6 Å². The van der Waals surface area contributed by atoms with Gasteiger partial charge in [-0.2, -0.15) is 5.10 Å². The van der Waals surface area contributed by atoms with Crippen molar-refractivity contribution >= 4 is 22.7 Å². The summed E-state index contributed by atoms with van der Waals surface area (Å²) in [5.41, 5.74) is 2.92. The first-order valence-electron chi connectivity index (χ1n) is 9.05. The van der Waals surface area contributed by atoms with Crippen molar-refractivity contribution in [1.29, 1.82) is 0 Å². The first-order valence-corrected chi connectivity index (χ1v) is 10.7. The van der Waals surface area contributed by atoms with Gasteiger partial charge in [-0.3, -0.25) is 4.98 Å². The molecule has 1 aliphatic rings. The van der Waals surface area contributed by atoms with Crippen LogP contribution in [0.2, 0.25) is 0 Å². The Hall–Kier alpha value is -2.45. The van der Waals surface area contributed by atoms with Crippen molar-refractivity contribution in [2.24, 2.45) is 0 Å². The van der Waals surface area contributed by atoms with Gasteiger partial charge in [0.25, 0.3) is 0 Å². The molecule has 0 spiro atoms. The molecule has 0 N–H and O–H groups in total. The predicted octanol–water partition coefficient (Wildman–Crippen LogP) is 4.88. The van der Waals surface area contributed by atoms with Crippen LogP contribution in [0.1, 0.15) is 42.3 Å². The molecular formula is C19H18N6S2. The van der Waals surface area contributed by atoms with E-state index in [2.05, 4.69) is 15.2 Å². The van der Waals surface area contributed by atoms with Crippen LogP contribution >= 0.6 is 22.7 Å². The molecule has 1 aliphatic carbocycles. The molecule has 0 bridgehead atoms. The second-order valence-corrected chi connectivity index (χ2v) is 8.71. The Bertz CT molecular complexity index is 1060. The molecule has 6 nitrogen and oxygen atoms in total. The van der Waals surface area contributed by atoms with Crippen molar-refractivity contribution in [2.75, 3.05) is 0 Å². The Morgan fingerprint density at radius 1 is 1.11 bits per heavy atom. The van der Waals surface area contributed by atoms with Crippen LogP contribution < -0.4 is 0 Å². The fourth-order valence-electron chi connectivity index (χ4n) is 3.46. The molecule has 0 atom stereocenters. The summed E-state index contributed by atoms with van der Waals surface area (Å²) in [4.78, 5) is 9.96. The molecule has 0 amide bonds. The van der Waals surface area contributed by atoms with E-state index >= 15 is 0 Å². The molecule has 8 heteroatoms. The minimum Gasteiger partial charge on any atom is -0.264 e. The molecule has 4 heterocycles. The van der Waals surface area contributed by atoms with E-state index in [1.54, 1.807) is 28.9 Å². The molecule has 5 rings (SSSR count). The Morgan fingerprint density at radius 2 is 2.00 bits per heavy atom. The van der Waals surface area contributed by atoms with Crippen molar-refractivity contribution in [3.05, 3.63) is 47.5 Å². The molecule has 4 aromatic heterocycles. The molecule has 1 saturated carbocycles. The van der Waals surface area contributed by atoms with Gasteiger partial charge in [0, 0.05) is 30.1 Å². The maximum absolute atomic E-state index is 4.74. The van der Waals surface area contributed by atoms with Crippen molar-refractivity contribution in [2.45, 2.75) is 38.5 Å². The zero-order chi connectivity index (χ0) is 18.2. The number of rotatable bonds is 4. The smallest absolute Gasteiger partial charge is 0.232 e. The van der Waals surface area contributed by atoms with Gasteiger partial charge < -0.3 is 0 Å². The number of pyridine rings is 1. The summed E-state index contributed by atoms with van der Waals surface area (Å²) < 4.78 is 1.83. The van der Waals surface area contributed by atoms with Crippen LogP contribution in [0.3, 0.4) is 0 Å². The highest BCUT2D eigenvalue weighted by Gasteiger charge is 2.22. The molecule has 4 aromatic rings. The maximum Gasteiger partial charge on any atom is 0.232 e. The van der Waals surface area contributed by atoms with Crippen LogP contribution in [0.5, 0.6) is 0 Å². The summed E-state index contributed by atoms with van der Waals surface area (Å²) in [6.45, 7) is 2.02. The number of nitrogens with zero attached hydrogens (tertiary/aromatic N) is 6. The maximum atomic E-state index is 4.74. The van der Waals surface area contributed by atoms with Crippen molar-refractivity contribution in [1.82, 2.24) is 29.9 Å². The number of hydrogen-bond acceptors (Lipinski definition) is 7. The van der Waals surface area contributed by atoms with Crippen molar-refractivity contribution in [3.63, 3.8) is 0 Å². The summed E-state index contributed by atoms with van der Waals surface area (Å²) in [6, 6.07) is 5.97. The van der Waals surface area contributed by atoms with E-state index < -0.39 is 0 Å². The number of aryl methyl sites for hydroxylation is 1. The second-order valence-electron chi connectivity index (χ2n) is 6.73. The van der Waals surface area contributed by atoms with E-state index in [4.69, 9.17) is 10.1 Å². The average molecular weight is 395 g/mol. The summed E-state index contributed by atoms with van der Waals surface area (Å²) in [7, 11) is 0. The van der Waals surface area contributed by atoms with Crippen LogP contribution in [-0.4, -0.2) is 29.9 Å².